The van der Waals surface area contributed by atoms with Crippen LogP contribution in [-0.2, 0) is 24.7 Å². The van der Waals surface area contributed by atoms with Gasteiger partial charge in [0.2, 0.25) is 5.91 Å². The number of aromatic nitrogens is 3. The SMILES string of the molecule is Cn1ccc2c(N)nc(-c3ccc4c(c3)CCN4C(=O)Cc3cc(Cl)ccc3F)nc21. The molecule has 5 rings (SSSR count). The van der Waals surface area contributed by atoms with Gasteiger partial charge in [0.15, 0.2) is 5.82 Å². The largest absolute Gasteiger partial charge is 0.383 e. The summed E-state index contributed by atoms with van der Waals surface area (Å²) >= 11 is 5.95. The molecule has 0 saturated heterocycles. The van der Waals surface area contributed by atoms with Crippen molar-refractivity contribution in [3.63, 3.8) is 0 Å². The Kier molecular flexibility index (Phi) is 4.63. The van der Waals surface area contributed by atoms with Crippen molar-refractivity contribution in [2.24, 2.45) is 7.05 Å². The Bertz CT molecular complexity index is 1350. The lowest BCUT2D eigenvalue weighted by Gasteiger charge is -2.18. The molecule has 1 aliphatic rings. The van der Waals surface area contributed by atoms with E-state index in [-0.39, 0.29) is 12.3 Å². The predicted molar refractivity (Wildman–Crippen MR) is 120 cm³/mol. The summed E-state index contributed by atoms with van der Waals surface area (Å²) in [6.45, 7) is 0.541. The Balaban J connectivity index is 1.44. The van der Waals surface area contributed by atoms with Crippen LogP contribution in [0.1, 0.15) is 11.1 Å². The molecule has 0 unspecified atom stereocenters. The fraction of sp³-hybridized carbons (Fsp3) is 0.174. The molecule has 156 valence electrons. The third-order valence-electron chi connectivity index (χ3n) is 5.64. The zero-order chi connectivity index (χ0) is 21.7. The molecule has 2 aromatic heterocycles. The van der Waals surface area contributed by atoms with Crippen LogP contribution in [0.2, 0.25) is 5.02 Å². The number of carbonyl (C=O) groups excluding carboxylic acids is 1. The minimum atomic E-state index is -0.432. The summed E-state index contributed by atoms with van der Waals surface area (Å²) in [7, 11) is 1.91. The average molecular weight is 436 g/mol. The van der Waals surface area contributed by atoms with E-state index in [1.807, 2.05) is 42.1 Å². The summed E-state index contributed by atoms with van der Waals surface area (Å²) in [5.74, 6) is 0.374. The number of aryl methyl sites for hydroxylation is 1. The van der Waals surface area contributed by atoms with Gasteiger partial charge in [-0.15, -0.1) is 0 Å². The van der Waals surface area contributed by atoms with Crippen molar-refractivity contribution in [2.45, 2.75) is 12.8 Å². The van der Waals surface area contributed by atoms with Gasteiger partial charge in [0.1, 0.15) is 17.3 Å². The summed E-state index contributed by atoms with van der Waals surface area (Å²) in [5.41, 5.74) is 9.86. The van der Waals surface area contributed by atoms with E-state index in [1.54, 1.807) is 4.90 Å². The van der Waals surface area contributed by atoms with Crippen LogP contribution in [0.5, 0.6) is 0 Å². The van der Waals surface area contributed by atoms with Gasteiger partial charge in [0.25, 0.3) is 0 Å². The van der Waals surface area contributed by atoms with Gasteiger partial charge in [0, 0.05) is 36.1 Å². The minimum absolute atomic E-state index is 0.0443. The van der Waals surface area contributed by atoms with Crippen molar-refractivity contribution in [1.29, 1.82) is 0 Å². The lowest BCUT2D eigenvalue weighted by molar-refractivity contribution is -0.117. The third-order valence-corrected chi connectivity index (χ3v) is 5.87. The monoisotopic (exact) mass is 435 g/mol. The van der Waals surface area contributed by atoms with Crippen LogP contribution in [0.3, 0.4) is 0 Å². The van der Waals surface area contributed by atoms with Gasteiger partial charge >= 0.3 is 0 Å². The molecule has 6 nitrogen and oxygen atoms in total. The van der Waals surface area contributed by atoms with Gasteiger partial charge in [0.05, 0.1) is 11.8 Å². The molecule has 0 bridgehead atoms. The van der Waals surface area contributed by atoms with Gasteiger partial charge in [-0.1, -0.05) is 11.6 Å². The number of anilines is 2. The maximum atomic E-state index is 14.0. The second kappa shape index (κ2) is 7.35. The first-order valence-corrected chi connectivity index (χ1v) is 10.2. The summed E-state index contributed by atoms with van der Waals surface area (Å²) < 4.78 is 15.9. The predicted octanol–water partition coefficient (Wildman–Crippen LogP) is 4.14. The molecule has 0 radical (unpaired) electrons. The average Bonchev–Trinajstić information content (AvgIpc) is 3.34. The van der Waals surface area contributed by atoms with E-state index in [0.717, 1.165) is 27.8 Å². The molecule has 31 heavy (non-hydrogen) atoms. The summed E-state index contributed by atoms with van der Waals surface area (Å²) in [6.07, 6.45) is 2.56. The highest BCUT2D eigenvalue weighted by Crippen LogP contribution is 2.33. The number of amides is 1. The zero-order valence-corrected chi connectivity index (χ0v) is 17.5. The number of rotatable bonds is 3. The van der Waals surface area contributed by atoms with E-state index in [1.165, 1.54) is 18.2 Å². The highest BCUT2D eigenvalue weighted by molar-refractivity contribution is 6.30. The first-order chi connectivity index (χ1) is 14.9. The highest BCUT2D eigenvalue weighted by atomic mass is 35.5. The van der Waals surface area contributed by atoms with Gasteiger partial charge in [-0.2, -0.15) is 0 Å². The van der Waals surface area contributed by atoms with E-state index < -0.39 is 5.82 Å². The number of nitrogens with zero attached hydrogens (tertiary/aromatic N) is 4. The van der Waals surface area contributed by atoms with Crippen LogP contribution in [0, 0.1) is 5.82 Å². The molecular weight excluding hydrogens is 417 g/mol. The molecule has 8 heteroatoms. The smallest absolute Gasteiger partial charge is 0.231 e. The van der Waals surface area contributed by atoms with Crippen molar-refractivity contribution in [3.05, 3.63) is 70.6 Å². The van der Waals surface area contributed by atoms with Crippen LogP contribution in [0.15, 0.2) is 48.7 Å². The maximum absolute atomic E-state index is 14.0. The molecule has 2 aromatic carbocycles. The van der Waals surface area contributed by atoms with E-state index >= 15 is 0 Å². The molecule has 0 fully saturated rings. The van der Waals surface area contributed by atoms with E-state index in [0.29, 0.717) is 35.2 Å². The van der Waals surface area contributed by atoms with E-state index in [2.05, 4.69) is 9.97 Å². The van der Waals surface area contributed by atoms with Gasteiger partial charge in [-0.25, -0.2) is 14.4 Å². The highest BCUT2D eigenvalue weighted by Gasteiger charge is 2.26. The van der Waals surface area contributed by atoms with E-state index in [4.69, 9.17) is 17.3 Å². The first kappa shape index (κ1) is 19.5. The van der Waals surface area contributed by atoms with Crippen LogP contribution in [-0.4, -0.2) is 27.0 Å². The van der Waals surface area contributed by atoms with Crippen LogP contribution in [0.4, 0.5) is 15.9 Å². The van der Waals surface area contributed by atoms with Crippen molar-refractivity contribution in [1.82, 2.24) is 14.5 Å². The number of benzene rings is 2. The quantitative estimate of drug-likeness (QED) is 0.524. The number of carbonyl (C=O) groups is 1. The Morgan fingerprint density at radius 3 is 2.87 bits per heavy atom. The van der Waals surface area contributed by atoms with E-state index in [9.17, 15) is 9.18 Å². The van der Waals surface area contributed by atoms with Crippen molar-refractivity contribution in [3.8, 4) is 11.4 Å². The number of halogens is 2. The Hall–Kier alpha value is -3.45. The molecule has 3 heterocycles. The zero-order valence-electron chi connectivity index (χ0n) is 16.8. The molecule has 0 aliphatic carbocycles. The molecule has 4 aromatic rings. The normalized spacial score (nSPS) is 13.1. The number of nitrogens with two attached hydrogens (primary N) is 1. The van der Waals surface area contributed by atoms with Gasteiger partial charge in [-0.05, 0) is 60.0 Å². The maximum Gasteiger partial charge on any atom is 0.231 e. The second-order valence-electron chi connectivity index (χ2n) is 7.65. The number of hydrogen-bond donors (Lipinski definition) is 1. The van der Waals surface area contributed by atoms with Crippen molar-refractivity contribution >= 4 is 40.0 Å². The van der Waals surface area contributed by atoms with Crippen molar-refractivity contribution in [2.75, 3.05) is 17.2 Å². The Morgan fingerprint density at radius 2 is 2.03 bits per heavy atom. The molecule has 1 amide bonds. The number of nitrogen functional groups attached to an aromatic ring is 1. The molecular formula is C23H19ClFN5O. The summed E-state index contributed by atoms with van der Waals surface area (Å²) in [4.78, 5) is 23.7. The van der Waals surface area contributed by atoms with Crippen LogP contribution < -0.4 is 10.6 Å². The summed E-state index contributed by atoms with van der Waals surface area (Å²) in [5, 5.41) is 1.22. The third kappa shape index (κ3) is 3.41. The number of fused-ring (bicyclic) bond motifs is 2. The first-order valence-electron chi connectivity index (χ1n) is 9.87. The molecule has 0 spiro atoms. The molecule has 2 N–H and O–H groups in total. The Labute approximate surface area is 183 Å². The van der Waals surface area contributed by atoms with Crippen molar-refractivity contribution < 1.29 is 9.18 Å². The standard InChI is InChI=1S/C23H19ClFN5O/c1-29-8-7-17-21(26)27-22(28-23(17)29)14-2-5-19-13(10-14)6-9-30(19)20(31)12-15-11-16(24)3-4-18(15)25/h2-5,7-8,10-11H,6,9,12H2,1H3,(H2,26,27,28). The molecule has 0 atom stereocenters. The molecule has 0 saturated carbocycles. The van der Waals surface area contributed by atoms with Gasteiger partial charge in [-0.3, -0.25) is 4.79 Å². The Morgan fingerprint density at radius 1 is 1.19 bits per heavy atom. The van der Waals surface area contributed by atoms with Crippen LogP contribution >= 0.6 is 11.6 Å². The minimum Gasteiger partial charge on any atom is -0.383 e. The second-order valence-corrected chi connectivity index (χ2v) is 8.08. The van der Waals surface area contributed by atoms with Crippen LogP contribution in [0.25, 0.3) is 22.4 Å². The fourth-order valence-electron chi connectivity index (χ4n) is 4.03. The van der Waals surface area contributed by atoms with Gasteiger partial charge < -0.3 is 15.2 Å². The molecule has 1 aliphatic heterocycles. The summed E-state index contributed by atoms with van der Waals surface area (Å²) in [6, 6.07) is 11.9. The fourth-order valence-corrected chi connectivity index (χ4v) is 4.22. The topological polar surface area (TPSA) is 77.0 Å². The lowest BCUT2D eigenvalue weighted by Crippen LogP contribution is -2.30. The number of hydrogen-bond acceptors (Lipinski definition) is 4. The lowest BCUT2D eigenvalue weighted by atomic mass is 10.1.